The SMILES string of the molecule is CC(=O)Nc1ccc2nnn(O)c2c1.Nc1ccc2nnn(O)c2c1.On1nnc2ccc(Cl)cc21. The first-order valence-electron chi connectivity index (χ1n) is 10.0. The van der Waals surface area contributed by atoms with Crippen molar-refractivity contribution in [1.29, 1.82) is 0 Å². The molecule has 0 aliphatic carbocycles. The highest BCUT2D eigenvalue weighted by atomic mass is 35.5. The zero-order valence-corrected chi connectivity index (χ0v) is 19.2. The minimum absolute atomic E-state index is 0.165. The predicted octanol–water partition coefficient (Wildman–Crippen LogP) is 2.20. The third-order valence-electron chi connectivity index (χ3n) is 4.59. The van der Waals surface area contributed by atoms with E-state index in [9.17, 15) is 10.0 Å². The number of carbonyl (C=O) groups excluding carboxylic acids is 1. The second kappa shape index (κ2) is 9.98. The number of carbonyl (C=O) groups is 1. The topological polar surface area (TPSA) is 208 Å². The van der Waals surface area contributed by atoms with Gasteiger partial charge < -0.3 is 26.7 Å². The van der Waals surface area contributed by atoms with Crippen LogP contribution >= 0.6 is 11.6 Å². The molecule has 0 atom stereocenters. The summed E-state index contributed by atoms with van der Waals surface area (Å²) in [7, 11) is 0. The molecule has 3 heterocycles. The predicted molar refractivity (Wildman–Crippen MR) is 128 cm³/mol. The van der Waals surface area contributed by atoms with Gasteiger partial charge in [0.1, 0.15) is 33.1 Å². The van der Waals surface area contributed by atoms with Gasteiger partial charge in [-0.15, -0.1) is 15.3 Å². The van der Waals surface area contributed by atoms with E-state index < -0.39 is 0 Å². The number of hydrogen-bond donors (Lipinski definition) is 5. The lowest BCUT2D eigenvalue weighted by Gasteiger charge is -2.00. The molecule has 6 rings (SSSR count). The summed E-state index contributed by atoms with van der Waals surface area (Å²) in [4.78, 5) is 12.8. The number of amides is 1. The van der Waals surface area contributed by atoms with Gasteiger partial charge in [-0.05, 0) is 70.2 Å². The molecule has 0 saturated heterocycles. The molecule has 0 radical (unpaired) electrons. The molecule has 6 N–H and O–H groups in total. The Balaban J connectivity index is 0.000000128. The Labute approximate surface area is 205 Å². The maximum absolute atomic E-state index is 10.8. The number of nitrogens with zero attached hydrogens (tertiary/aromatic N) is 9. The van der Waals surface area contributed by atoms with Crippen LogP contribution in [0, 0.1) is 0 Å². The lowest BCUT2D eigenvalue weighted by Crippen LogP contribution is -2.05. The van der Waals surface area contributed by atoms with Gasteiger partial charge in [-0.3, -0.25) is 4.79 Å². The van der Waals surface area contributed by atoms with E-state index in [2.05, 4.69) is 36.3 Å². The third kappa shape index (κ3) is 5.31. The third-order valence-corrected chi connectivity index (χ3v) is 4.83. The van der Waals surface area contributed by atoms with Crippen LogP contribution in [0.4, 0.5) is 11.4 Å². The van der Waals surface area contributed by atoms with E-state index in [1.165, 1.54) is 6.92 Å². The zero-order valence-electron chi connectivity index (χ0n) is 18.4. The van der Waals surface area contributed by atoms with E-state index in [0.717, 1.165) is 0 Å². The molecular formula is C20H18ClN11O4. The molecule has 3 aromatic carbocycles. The fourth-order valence-corrected chi connectivity index (χ4v) is 3.16. The number of benzene rings is 3. The van der Waals surface area contributed by atoms with Crippen LogP contribution in [0.3, 0.4) is 0 Å². The quantitative estimate of drug-likeness (QED) is 0.159. The Kier molecular flexibility index (Phi) is 6.64. The number of aromatic nitrogens is 9. The average Bonchev–Trinajstić information content (AvgIpc) is 3.52. The van der Waals surface area contributed by atoms with Gasteiger partial charge in [-0.1, -0.05) is 26.1 Å². The van der Waals surface area contributed by atoms with Crippen molar-refractivity contribution in [2.24, 2.45) is 0 Å². The lowest BCUT2D eigenvalue weighted by molar-refractivity contribution is -0.114. The maximum Gasteiger partial charge on any atom is 0.221 e. The monoisotopic (exact) mass is 511 g/mol. The number of nitrogen functional groups attached to an aromatic ring is 1. The molecule has 0 bridgehead atoms. The molecular weight excluding hydrogens is 494 g/mol. The van der Waals surface area contributed by atoms with Gasteiger partial charge in [0.15, 0.2) is 0 Å². The molecule has 36 heavy (non-hydrogen) atoms. The van der Waals surface area contributed by atoms with Gasteiger partial charge in [0.05, 0.1) is 0 Å². The Bertz CT molecular complexity index is 1600. The van der Waals surface area contributed by atoms with Crippen LogP contribution in [0.25, 0.3) is 33.1 Å². The van der Waals surface area contributed by atoms with E-state index in [0.29, 0.717) is 64.0 Å². The largest absolute Gasteiger partial charge is 0.410 e. The Morgan fingerprint density at radius 3 is 1.81 bits per heavy atom. The van der Waals surface area contributed by atoms with Crippen molar-refractivity contribution >= 4 is 62.0 Å². The highest BCUT2D eigenvalue weighted by Crippen LogP contribution is 2.17. The first kappa shape index (κ1) is 24.0. The Morgan fingerprint density at radius 2 is 1.25 bits per heavy atom. The summed E-state index contributed by atoms with van der Waals surface area (Å²) in [5, 5.41) is 51.6. The van der Waals surface area contributed by atoms with Crippen molar-refractivity contribution in [2.75, 3.05) is 11.1 Å². The molecule has 0 saturated carbocycles. The molecule has 15 nitrogen and oxygen atoms in total. The van der Waals surface area contributed by atoms with Crippen molar-refractivity contribution in [3.05, 3.63) is 59.6 Å². The molecule has 0 spiro atoms. The second-order valence-electron chi connectivity index (χ2n) is 7.20. The molecule has 3 aromatic heterocycles. The van der Waals surface area contributed by atoms with Crippen LogP contribution in [0.15, 0.2) is 54.6 Å². The van der Waals surface area contributed by atoms with Crippen LogP contribution in [0.2, 0.25) is 5.02 Å². The smallest absolute Gasteiger partial charge is 0.221 e. The van der Waals surface area contributed by atoms with Crippen molar-refractivity contribution in [3.63, 3.8) is 0 Å². The summed E-state index contributed by atoms with van der Waals surface area (Å²) >= 11 is 5.67. The van der Waals surface area contributed by atoms with Crippen LogP contribution < -0.4 is 11.1 Å². The standard InChI is InChI=1S/C8H8N4O2.C6H4ClN3O.C6H6N4O/c1-5(13)9-6-2-3-7-8(4-6)12(14)11-10-7;2*7-4-1-2-5-6(3-4)10(11)9-8-5/h2-4,14H,1H3,(H,9,13);1-3,11H;1-3,11H,7H2. The lowest BCUT2D eigenvalue weighted by atomic mass is 10.3. The van der Waals surface area contributed by atoms with E-state index >= 15 is 0 Å². The summed E-state index contributed by atoms with van der Waals surface area (Å²) in [5.74, 6) is -0.165. The van der Waals surface area contributed by atoms with E-state index in [4.69, 9.17) is 27.7 Å². The zero-order chi connectivity index (χ0) is 25.8. The van der Waals surface area contributed by atoms with Crippen LogP contribution in [-0.4, -0.2) is 67.0 Å². The van der Waals surface area contributed by atoms with Crippen LogP contribution in [-0.2, 0) is 4.79 Å². The minimum Gasteiger partial charge on any atom is -0.410 e. The molecule has 6 aromatic rings. The van der Waals surface area contributed by atoms with E-state index in [-0.39, 0.29) is 5.91 Å². The fourth-order valence-electron chi connectivity index (χ4n) is 2.99. The highest BCUT2D eigenvalue weighted by Gasteiger charge is 2.05. The van der Waals surface area contributed by atoms with Crippen LogP contribution in [0.1, 0.15) is 6.92 Å². The van der Waals surface area contributed by atoms with Gasteiger partial charge >= 0.3 is 0 Å². The molecule has 0 unspecified atom stereocenters. The number of nitrogens with one attached hydrogen (secondary N) is 1. The number of halogens is 1. The number of anilines is 2. The Morgan fingerprint density at radius 1 is 0.778 bits per heavy atom. The summed E-state index contributed by atoms with van der Waals surface area (Å²) < 4.78 is 0. The van der Waals surface area contributed by atoms with Crippen molar-refractivity contribution < 1.29 is 20.4 Å². The molecule has 16 heteroatoms. The second-order valence-corrected chi connectivity index (χ2v) is 7.64. The van der Waals surface area contributed by atoms with Crippen molar-refractivity contribution in [3.8, 4) is 0 Å². The first-order chi connectivity index (χ1) is 17.2. The first-order valence-corrected chi connectivity index (χ1v) is 10.4. The van der Waals surface area contributed by atoms with Crippen molar-refractivity contribution in [2.45, 2.75) is 6.92 Å². The van der Waals surface area contributed by atoms with E-state index in [1.807, 2.05) is 0 Å². The van der Waals surface area contributed by atoms with Gasteiger partial charge in [-0.2, -0.15) is 0 Å². The van der Waals surface area contributed by atoms with Crippen molar-refractivity contribution in [1.82, 2.24) is 45.5 Å². The Hall–Kier alpha value is -5.18. The average molecular weight is 512 g/mol. The summed E-state index contributed by atoms with van der Waals surface area (Å²) in [6.45, 7) is 1.42. The maximum atomic E-state index is 10.8. The molecule has 0 aliphatic heterocycles. The van der Waals surface area contributed by atoms with Gasteiger partial charge in [0.25, 0.3) is 0 Å². The molecule has 184 valence electrons. The normalized spacial score (nSPS) is 10.5. The van der Waals surface area contributed by atoms with Gasteiger partial charge in [0.2, 0.25) is 5.91 Å². The molecule has 1 amide bonds. The van der Waals surface area contributed by atoms with Gasteiger partial charge in [0, 0.05) is 23.3 Å². The number of hydrogen-bond acceptors (Lipinski definition) is 11. The van der Waals surface area contributed by atoms with E-state index in [1.54, 1.807) is 54.6 Å². The fraction of sp³-hybridized carbons (Fsp3) is 0.0500. The van der Waals surface area contributed by atoms with Crippen LogP contribution in [0.5, 0.6) is 0 Å². The number of rotatable bonds is 1. The summed E-state index contributed by atoms with van der Waals surface area (Å²) in [5.41, 5.74) is 9.95. The minimum atomic E-state index is -0.165. The number of nitrogens with two attached hydrogens (primary N) is 1. The highest BCUT2D eigenvalue weighted by molar-refractivity contribution is 6.31. The molecule has 0 aliphatic rings. The summed E-state index contributed by atoms with van der Waals surface area (Å²) in [6.07, 6.45) is 0. The summed E-state index contributed by atoms with van der Waals surface area (Å²) in [6, 6.07) is 14.9. The van der Waals surface area contributed by atoms with Gasteiger partial charge in [-0.25, -0.2) is 0 Å². The molecule has 0 fully saturated rings. The number of fused-ring (bicyclic) bond motifs is 3.